The molecule has 0 radical (unpaired) electrons. The summed E-state index contributed by atoms with van der Waals surface area (Å²) >= 11 is 12.5. The molecule has 2 fully saturated rings. The standard InChI is InChI=1S/C21H24ClN3O2.C18H20ClN3/c1-2-27-21(26)25-12-10-24(11-13-25)20-18-8-7-17(22)14-16(18)6-5-15-4-3-9-23-19(15)20;19-15-5-6-16-14(12-15)4-3-13-2-1-7-21-17(13)18(16)22-10-8-20-9-11-22/h3-4,7-9,14,20H,2,5-6,10-13H2,1H3;1-2,5-7,12,18,20H,3-4,8-11H2. The Kier molecular flexibility index (Phi) is 10.8. The molecule has 2 aromatic carbocycles. The molecule has 2 aliphatic heterocycles. The Morgan fingerprint density at radius 3 is 1.71 bits per heavy atom. The number of benzene rings is 2. The molecule has 0 saturated carbocycles. The molecule has 1 amide bonds. The van der Waals surface area contributed by atoms with Crippen molar-refractivity contribution >= 4 is 29.3 Å². The van der Waals surface area contributed by atoms with Crippen molar-refractivity contribution in [2.75, 3.05) is 59.0 Å². The third-order valence-corrected chi connectivity index (χ3v) is 10.7. The second kappa shape index (κ2) is 15.6. The number of aryl methyl sites for hydroxylation is 4. The summed E-state index contributed by atoms with van der Waals surface area (Å²) in [6.45, 7) is 9.37. The molecule has 10 heteroatoms. The van der Waals surface area contributed by atoms with E-state index in [0.29, 0.717) is 19.7 Å². The summed E-state index contributed by atoms with van der Waals surface area (Å²) < 4.78 is 5.15. The highest BCUT2D eigenvalue weighted by Gasteiger charge is 2.34. The third-order valence-electron chi connectivity index (χ3n) is 10.2. The number of fused-ring (bicyclic) bond motifs is 4. The number of rotatable bonds is 3. The Bertz CT molecular complexity index is 1770. The van der Waals surface area contributed by atoms with E-state index in [1.807, 2.05) is 37.5 Å². The fourth-order valence-corrected chi connectivity index (χ4v) is 8.21. The van der Waals surface area contributed by atoms with Crippen molar-refractivity contribution in [1.82, 2.24) is 30.0 Å². The van der Waals surface area contributed by atoms with Gasteiger partial charge in [0.15, 0.2) is 0 Å². The summed E-state index contributed by atoms with van der Waals surface area (Å²) in [6.07, 6.45) is 7.60. The van der Waals surface area contributed by atoms with Gasteiger partial charge in [-0.3, -0.25) is 19.8 Å². The molecule has 2 aromatic heterocycles. The lowest BCUT2D eigenvalue weighted by molar-refractivity contribution is 0.0709. The van der Waals surface area contributed by atoms with Crippen molar-refractivity contribution < 1.29 is 9.53 Å². The van der Waals surface area contributed by atoms with Gasteiger partial charge in [-0.15, -0.1) is 0 Å². The number of hydrogen-bond donors (Lipinski definition) is 1. The van der Waals surface area contributed by atoms with E-state index in [1.54, 1.807) is 4.90 Å². The lowest BCUT2D eigenvalue weighted by atomic mass is 9.96. The van der Waals surface area contributed by atoms with Gasteiger partial charge < -0.3 is 15.0 Å². The minimum absolute atomic E-state index is 0.0975. The number of carbonyl (C=O) groups is 1. The van der Waals surface area contributed by atoms with Crippen LogP contribution in [0.25, 0.3) is 0 Å². The van der Waals surface area contributed by atoms with Crippen molar-refractivity contribution in [3.05, 3.63) is 128 Å². The van der Waals surface area contributed by atoms with Crippen molar-refractivity contribution in [1.29, 1.82) is 0 Å². The van der Waals surface area contributed by atoms with Crippen LogP contribution in [-0.2, 0) is 30.4 Å². The molecule has 2 unspecified atom stereocenters. The van der Waals surface area contributed by atoms with Crippen LogP contribution in [-0.4, -0.2) is 89.7 Å². The molecular weight excluding hydrogens is 655 g/mol. The topological polar surface area (TPSA) is 73.8 Å². The van der Waals surface area contributed by atoms with Gasteiger partial charge in [-0.05, 0) is 102 Å². The normalized spacial score (nSPS) is 20.7. The number of halogens is 2. The second-order valence-corrected chi connectivity index (χ2v) is 14.0. The fourth-order valence-electron chi connectivity index (χ4n) is 7.82. The van der Waals surface area contributed by atoms with Gasteiger partial charge in [-0.2, -0.15) is 0 Å². The average Bonchev–Trinajstić information content (AvgIpc) is 3.40. The highest BCUT2D eigenvalue weighted by atomic mass is 35.5. The van der Waals surface area contributed by atoms with Crippen LogP contribution in [0.15, 0.2) is 73.1 Å². The first-order chi connectivity index (χ1) is 24.0. The first kappa shape index (κ1) is 33.9. The van der Waals surface area contributed by atoms with Crippen LogP contribution in [0.4, 0.5) is 4.79 Å². The molecule has 0 bridgehead atoms. The molecule has 2 atom stereocenters. The Balaban J connectivity index is 0.000000157. The van der Waals surface area contributed by atoms with Crippen LogP contribution >= 0.6 is 23.2 Å². The lowest BCUT2D eigenvalue weighted by Gasteiger charge is -2.39. The smallest absolute Gasteiger partial charge is 0.409 e. The number of hydrogen-bond acceptors (Lipinski definition) is 7. The van der Waals surface area contributed by atoms with Crippen LogP contribution in [0.3, 0.4) is 0 Å². The number of amides is 1. The van der Waals surface area contributed by atoms with E-state index >= 15 is 0 Å². The highest BCUT2D eigenvalue weighted by molar-refractivity contribution is 6.31. The van der Waals surface area contributed by atoms with Crippen LogP contribution in [0.5, 0.6) is 0 Å². The molecule has 0 spiro atoms. The van der Waals surface area contributed by atoms with E-state index in [-0.39, 0.29) is 18.2 Å². The van der Waals surface area contributed by atoms with Crippen LogP contribution in [0.1, 0.15) is 63.8 Å². The number of aromatic nitrogens is 2. The second-order valence-electron chi connectivity index (χ2n) is 13.1. The Morgan fingerprint density at radius 1 is 0.714 bits per heavy atom. The van der Waals surface area contributed by atoms with Crippen LogP contribution < -0.4 is 5.32 Å². The van der Waals surface area contributed by atoms with Gasteiger partial charge in [-0.25, -0.2) is 4.79 Å². The molecule has 2 aliphatic carbocycles. The molecule has 8 nitrogen and oxygen atoms in total. The minimum atomic E-state index is -0.219. The maximum Gasteiger partial charge on any atom is 0.409 e. The zero-order valence-corrected chi connectivity index (χ0v) is 29.6. The van der Waals surface area contributed by atoms with Gasteiger partial charge in [0.05, 0.1) is 30.1 Å². The summed E-state index contributed by atoms with van der Waals surface area (Å²) in [5.74, 6) is 0. The van der Waals surface area contributed by atoms with Gasteiger partial charge in [0.1, 0.15) is 0 Å². The van der Waals surface area contributed by atoms with E-state index < -0.39 is 0 Å². The van der Waals surface area contributed by atoms with Gasteiger partial charge in [0.25, 0.3) is 0 Å². The molecule has 256 valence electrons. The number of pyridine rings is 2. The predicted octanol–water partition coefficient (Wildman–Crippen LogP) is 6.53. The molecular formula is C39H44Cl2N6O2. The molecule has 8 rings (SSSR count). The number of piperazine rings is 2. The Hall–Kier alpha value is -3.53. The van der Waals surface area contributed by atoms with Crippen LogP contribution in [0.2, 0.25) is 10.0 Å². The van der Waals surface area contributed by atoms with Crippen molar-refractivity contribution in [2.24, 2.45) is 0 Å². The van der Waals surface area contributed by atoms with Crippen molar-refractivity contribution in [3.8, 4) is 0 Å². The number of nitrogens with one attached hydrogen (secondary N) is 1. The summed E-state index contributed by atoms with van der Waals surface area (Å²) in [6, 6.07) is 21.4. The quantitative estimate of drug-likeness (QED) is 0.261. The van der Waals surface area contributed by atoms with Gasteiger partial charge in [0.2, 0.25) is 0 Å². The summed E-state index contributed by atoms with van der Waals surface area (Å²) in [5, 5.41) is 5.05. The summed E-state index contributed by atoms with van der Waals surface area (Å²) in [4.78, 5) is 28.3. The largest absolute Gasteiger partial charge is 0.450 e. The van der Waals surface area contributed by atoms with Gasteiger partial charge in [0, 0.05) is 74.8 Å². The van der Waals surface area contributed by atoms with E-state index in [4.69, 9.17) is 37.9 Å². The SMILES string of the molecule is CCOC(=O)N1CCN(C2c3ccc(Cl)cc3CCc3cccnc32)CC1.Clc1ccc2c(c1)CCc1cccnc1C2N1CCNCC1. The molecule has 1 N–H and O–H groups in total. The van der Waals surface area contributed by atoms with E-state index in [2.05, 4.69) is 57.6 Å². The van der Waals surface area contributed by atoms with E-state index in [9.17, 15) is 4.79 Å². The van der Waals surface area contributed by atoms with Gasteiger partial charge >= 0.3 is 6.09 Å². The fraction of sp³-hybridized carbons (Fsp3) is 0.410. The zero-order valence-electron chi connectivity index (χ0n) is 28.1. The molecule has 4 heterocycles. The number of carbonyl (C=O) groups excluding carboxylic acids is 1. The monoisotopic (exact) mass is 698 g/mol. The maximum atomic E-state index is 12.0. The van der Waals surface area contributed by atoms with Crippen molar-refractivity contribution in [3.63, 3.8) is 0 Å². The van der Waals surface area contributed by atoms with Gasteiger partial charge in [-0.1, -0.05) is 47.5 Å². The molecule has 2 saturated heterocycles. The summed E-state index contributed by atoms with van der Waals surface area (Å²) in [7, 11) is 0. The van der Waals surface area contributed by atoms with E-state index in [1.165, 1.54) is 39.1 Å². The predicted molar refractivity (Wildman–Crippen MR) is 194 cm³/mol. The zero-order chi connectivity index (χ0) is 33.7. The Morgan fingerprint density at radius 2 is 1.20 bits per heavy atom. The highest BCUT2D eigenvalue weighted by Crippen LogP contribution is 2.38. The lowest BCUT2D eigenvalue weighted by Crippen LogP contribution is -2.50. The first-order valence-electron chi connectivity index (χ1n) is 17.5. The number of ether oxygens (including phenoxy) is 1. The maximum absolute atomic E-state index is 12.0. The van der Waals surface area contributed by atoms with E-state index in [0.717, 1.165) is 80.7 Å². The average molecular weight is 700 g/mol. The first-order valence-corrected chi connectivity index (χ1v) is 18.3. The molecule has 49 heavy (non-hydrogen) atoms. The number of nitrogens with zero attached hydrogens (tertiary/aromatic N) is 5. The summed E-state index contributed by atoms with van der Waals surface area (Å²) in [5.41, 5.74) is 10.3. The third kappa shape index (κ3) is 7.49. The van der Waals surface area contributed by atoms with Crippen molar-refractivity contribution in [2.45, 2.75) is 44.7 Å². The minimum Gasteiger partial charge on any atom is -0.450 e. The Labute approximate surface area is 299 Å². The van der Waals surface area contributed by atoms with Crippen LogP contribution in [0, 0.1) is 0 Å². The molecule has 4 aromatic rings. The molecule has 4 aliphatic rings.